The van der Waals surface area contributed by atoms with Crippen LogP contribution in [0.15, 0.2) is 27.4 Å². The molecule has 0 atom stereocenters. The maximum Gasteiger partial charge on any atom is 0.434 e. The topological polar surface area (TPSA) is 68.1 Å². The van der Waals surface area contributed by atoms with Gasteiger partial charge in [-0.1, -0.05) is 23.2 Å². The molecular weight excluding hydrogens is 299 g/mol. The number of thioether (sulfide) groups is 1. The first-order chi connectivity index (χ1) is 8.65. The van der Waals surface area contributed by atoms with Gasteiger partial charge in [0.25, 0.3) is 0 Å². The molecule has 2 aromatic rings. The van der Waals surface area contributed by atoms with Crippen molar-refractivity contribution in [3.63, 3.8) is 0 Å². The predicted octanol–water partition coefficient (Wildman–Crippen LogP) is 2.94. The number of benzene rings is 1. The summed E-state index contributed by atoms with van der Waals surface area (Å²) in [5.41, 5.74) is 0. The Morgan fingerprint density at radius 2 is 2.22 bits per heavy atom. The van der Waals surface area contributed by atoms with Gasteiger partial charge in [-0.3, -0.25) is 0 Å². The van der Waals surface area contributed by atoms with Crippen molar-refractivity contribution in [1.82, 2.24) is 10.2 Å². The minimum absolute atomic E-state index is 0.336. The van der Waals surface area contributed by atoms with Gasteiger partial charge in [-0.05, 0) is 12.1 Å². The van der Waals surface area contributed by atoms with Crippen molar-refractivity contribution in [1.29, 1.82) is 0 Å². The van der Waals surface area contributed by atoms with E-state index in [1.54, 1.807) is 18.2 Å². The Balaban J connectivity index is 1.78. The number of hydrogen-bond acceptors (Lipinski definition) is 5. The van der Waals surface area contributed by atoms with Crippen molar-refractivity contribution in [2.24, 2.45) is 0 Å². The van der Waals surface area contributed by atoms with Crippen LogP contribution in [0.2, 0.25) is 10.0 Å². The number of rotatable bonds is 5. The highest BCUT2D eigenvalue weighted by Gasteiger charge is 2.03. The van der Waals surface area contributed by atoms with Crippen molar-refractivity contribution in [2.45, 2.75) is 5.75 Å². The Labute approximate surface area is 116 Å². The number of nitrogens with one attached hydrogen (secondary N) is 1. The first kappa shape index (κ1) is 13.3. The normalized spacial score (nSPS) is 10.6. The minimum Gasteiger partial charge on any atom is -0.483 e. The number of halogens is 2. The van der Waals surface area contributed by atoms with Crippen LogP contribution in [0.4, 0.5) is 0 Å². The van der Waals surface area contributed by atoms with Crippen LogP contribution in [0.3, 0.4) is 0 Å². The van der Waals surface area contributed by atoms with Gasteiger partial charge in [0.15, 0.2) is 0 Å². The van der Waals surface area contributed by atoms with Crippen LogP contribution < -0.4 is 10.5 Å². The number of hydrogen-bond donors (Lipinski definition) is 1. The van der Waals surface area contributed by atoms with E-state index >= 15 is 0 Å². The van der Waals surface area contributed by atoms with Crippen LogP contribution in [0, 0.1) is 0 Å². The molecule has 1 N–H and O–H groups in total. The molecule has 5 nitrogen and oxygen atoms in total. The maximum absolute atomic E-state index is 10.7. The van der Waals surface area contributed by atoms with E-state index in [9.17, 15) is 4.79 Å². The van der Waals surface area contributed by atoms with Gasteiger partial charge in [-0.15, -0.1) is 16.9 Å². The van der Waals surface area contributed by atoms with E-state index < -0.39 is 5.76 Å². The van der Waals surface area contributed by atoms with Crippen LogP contribution in [-0.2, 0) is 5.75 Å². The molecule has 0 unspecified atom stereocenters. The third-order valence-electron chi connectivity index (χ3n) is 1.91. The Morgan fingerprint density at radius 3 is 2.89 bits per heavy atom. The number of ether oxygens (including phenoxy) is 1. The third kappa shape index (κ3) is 3.69. The second kappa shape index (κ2) is 6.17. The lowest BCUT2D eigenvalue weighted by atomic mass is 10.3. The average Bonchev–Trinajstić information content (AvgIpc) is 2.75. The SMILES string of the molecule is O=c1[nH]nc(CSCOc2ccc(Cl)c(Cl)c2)o1. The van der Waals surface area contributed by atoms with E-state index in [0.29, 0.717) is 33.4 Å². The predicted molar refractivity (Wildman–Crippen MR) is 70.4 cm³/mol. The summed E-state index contributed by atoms with van der Waals surface area (Å²) in [4.78, 5) is 10.7. The zero-order valence-electron chi connectivity index (χ0n) is 8.98. The summed E-state index contributed by atoms with van der Waals surface area (Å²) < 4.78 is 10.2. The monoisotopic (exact) mass is 306 g/mol. The molecule has 0 aliphatic heterocycles. The summed E-state index contributed by atoms with van der Waals surface area (Å²) in [6.07, 6.45) is 0. The summed E-state index contributed by atoms with van der Waals surface area (Å²) in [5, 5.41) is 6.77. The molecule has 0 fully saturated rings. The lowest BCUT2D eigenvalue weighted by Gasteiger charge is -2.05. The minimum atomic E-state index is -0.559. The molecule has 2 rings (SSSR count). The van der Waals surface area contributed by atoms with Gasteiger partial charge in [-0.2, -0.15) is 0 Å². The van der Waals surface area contributed by atoms with Crippen LogP contribution >= 0.6 is 35.0 Å². The van der Waals surface area contributed by atoms with E-state index in [0.717, 1.165) is 0 Å². The molecule has 1 aromatic carbocycles. The molecule has 0 saturated heterocycles. The second-order valence-corrected chi connectivity index (χ2v) is 4.94. The molecule has 0 amide bonds. The molecule has 0 spiro atoms. The lowest BCUT2D eigenvalue weighted by molar-refractivity contribution is 0.392. The molecule has 0 aliphatic rings. The molecule has 0 bridgehead atoms. The third-order valence-corrected chi connectivity index (χ3v) is 3.38. The fourth-order valence-corrected chi connectivity index (χ4v) is 2.02. The van der Waals surface area contributed by atoms with Crippen molar-refractivity contribution >= 4 is 35.0 Å². The second-order valence-electron chi connectivity index (χ2n) is 3.19. The van der Waals surface area contributed by atoms with E-state index in [1.165, 1.54) is 11.8 Å². The zero-order valence-corrected chi connectivity index (χ0v) is 11.3. The van der Waals surface area contributed by atoms with Gasteiger partial charge >= 0.3 is 5.76 Å². The molecule has 8 heteroatoms. The van der Waals surface area contributed by atoms with Crippen LogP contribution in [0.1, 0.15) is 5.89 Å². The first-order valence-corrected chi connectivity index (χ1v) is 6.76. The number of H-pyrrole nitrogens is 1. The van der Waals surface area contributed by atoms with E-state index in [4.69, 9.17) is 32.4 Å². The zero-order chi connectivity index (χ0) is 13.0. The molecular formula is C10H8Cl2N2O3S. The standard InChI is InChI=1S/C10H8Cl2N2O3S/c11-7-2-1-6(3-8(7)12)16-5-18-4-9-13-14-10(15)17-9/h1-3H,4-5H2,(H,14,15). The van der Waals surface area contributed by atoms with E-state index in [2.05, 4.69) is 10.2 Å². The molecule has 1 aromatic heterocycles. The van der Waals surface area contributed by atoms with Crippen LogP contribution in [0.5, 0.6) is 5.75 Å². The summed E-state index contributed by atoms with van der Waals surface area (Å²) in [6.45, 7) is 0. The van der Waals surface area contributed by atoms with Gasteiger partial charge in [-0.25, -0.2) is 9.89 Å². The average molecular weight is 307 g/mol. The maximum atomic E-state index is 10.7. The van der Waals surface area contributed by atoms with Crippen molar-refractivity contribution < 1.29 is 9.15 Å². The quantitative estimate of drug-likeness (QED) is 0.679. The number of nitrogens with zero attached hydrogens (tertiary/aromatic N) is 1. The van der Waals surface area contributed by atoms with Gasteiger partial charge in [0, 0.05) is 6.07 Å². The molecule has 0 radical (unpaired) electrons. The van der Waals surface area contributed by atoms with Gasteiger partial charge in [0.1, 0.15) is 11.7 Å². The Kier molecular flexibility index (Phi) is 4.57. The first-order valence-electron chi connectivity index (χ1n) is 4.85. The highest BCUT2D eigenvalue weighted by molar-refractivity contribution is 7.98. The fraction of sp³-hybridized carbons (Fsp3) is 0.200. The van der Waals surface area contributed by atoms with Gasteiger partial charge in [0.2, 0.25) is 5.89 Å². The molecule has 96 valence electrons. The van der Waals surface area contributed by atoms with Crippen molar-refractivity contribution in [3.05, 3.63) is 44.7 Å². The highest BCUT2D eigenvalue weighted by Crippen LogP contribution is 2.26. The summed E-state index contributed by atoms with van der Waals surface area (Å²) in [6, 6.07) is 5.03. The summed E-state index contributed by atoms with van der Waals surface area (Å²) in [7, 11) is 0. The largest absolute Gasteiger partial charge is 0.483 e. The van der Waals surface area contributed by atoms with Crippen molar-refractivity contribution in [2.75, 3.05) is 5.94 Å². The molecule has 0 saturated carbocycles. The molecule has 0 aliphatic carbocycles. The Morgan fingerprint density at radius 1 is 1.39 bits per heavy atom. The van der Waals surface area contributed by atoms with Crippen LogP contribution in [-0.4, -0.2) is 16.1 Å². The highest BCUT2D eigenvalue weighted by atomic mass is 35.5. The Bertz CT molecular complexity index is 584. The van der Waals surface area contributed by atoms with Gasteiger partial charge < -0.3 is 9.15 Å². The summed E-state index contributed by atoms with van der Waals surface area (Å²) in [5.74, 6) is 1.23. The smallest absolute Gasteiger partial charge is 0.434 e. The van der Waals surface area contributed by atoms with Gasteiger partial charge in [0.05, 0.1) is 15.8 Å². The molecule has 18 heavy (non-hydrogen) atoms. The van der Waals surface area contributed by atoms with Crippen molar-refractivity contribution in [3.8, 4) is 5.75 Å². The lowest BCUT2D eigenvalue weighted by Crippen LogP contribution is -1.94. The number of aromatic amines is 1. The summed E-state index contributed by atoms with van der Waals surface area (Å²) >= 11 is 13.0. The Hall–Kier alpha value is -1.11. The fourth-order valence-electron chi connectivity index (χ4n) is 1.13. The van der Waals surface area contributed by atoms with Crippen LogP contribution in [0.25, 0.3) is 0 Å². The van der Waals surface area contributed by atoms with E-state index in [1.807, 2.05) is 0 Å². The van der Waals surface area contributed by atoms with E-state index in [-0.39, 0.29) is 0 Å². The number of aromatic nitrogens is 2. The molecule has 1 heterocycles.